The molecular formula is C19H24N4O4. The van der Waals surface area contributed by atoms with Crippen molar-refractivity contribution in [1.29, 1.82) is 0 Å². The maximum absolute atomic E-state index is 12.9. The van der Waals surface area contributed by atoms with Crippen molar-refractivity contribution in [2.45, 2.75) is 64.6 Å². The Morgan fingerprint density at radius 3 is 2.56 bits per heavy atom. The number of hydrogen-bond donors (Lipinski definition) is 1. The number of imidazole rings is 1. The summed E-state index contributed by atoms with van der Waals surface area (Å²) in [6.45, 7) is 4.83. The molecule has 2 aliphatic carbocycles. The lowest BCUT2D eigenvalue weighted by molar-refractivity contribution is -0.143. The first kappa shape index (κ1) is 16.8. The molecule has 144 valence electrons. The lowest BCUT2D eigenvalue weighted by Crippen LogP contribution is -2.40. The maximum atomic E-state index is 12.9. The number of H-pyrrole nitrogens is 1. The molecule has 1 saturated heterocycles. The number of aromatic amines is 1. The molecule has 0 aromatic carbocycles. The first-order valence-corrected chi connectivity index (χ1v) is 9.98. The molecule has 5 unspecified atom stereocenters. The van der Waals surface area contributed by atoms with Crippen LogP contribution in [0.2, 0.25) is 0 Å². The Balaban J connectivity index is 1.69. The molecule has 27 heavy (non-hydrogen) atoms. The van der Waals surface area contributed by atoms with E-state index in [9.17, 15) is 14.4 Å². The van der Waals surface area contributed by atoms with Crippen molar-refractivity contribution in [3.05, 3.63) is 26.7 Å². The lowest BCUT2D eigenvalue weighted by Gasteiger charge is -2.22. The van der Waals surface area contributed by atoms with E-state index in [1.54, 1.807) is 4.57 Å². The van der Waals surface area contributed by atoms with Gasteiger partial charge in [-0.3, -0.25) is 18.7 Å². The third-order valence-electron chi connectivity index (χ3n) is 6.57. The fourth-order valence-electron chi connectivity index (χ4n) is 5.57. The number of ether oxygens (including phenoxy) is 1. The summed E-state index contributed by atoms with van der Waals surface area (Å²) in [4.78, 5) is 45.9. The normalized spacial score (nSPS) is 31.2. The molecule has 5 rings (SSSR count). The van der Waals surface area contributed by atoms with Crippen LogP contribution in [0.15, 0.2) is 9.59 Å². The molecule has 2 bridgehead atoms. The van der Waals surface area contributed by atoms with Crippen LogP contribution in [0, 0.1) is 17.8 Å². The predicted molar refractivity (Wildman–Crippen MR) is 97.5 cm³/mol. The molecule has 3 heterocycles. The van der Waals surface area contributed by atoms with Crippen molar-refractivity contribution in [3.8, 4) is 0 Å². The van der Waals surface area contributed by atoms with E-state index in [-0.39, 0.29) is 41.1 Å². The highest BCUT2D eigenvalue weighted by molar-refractivity contribution is 5.78. The molecule has 5 atom stereocenters. The summed E-state index contributed by atoms with van der Waals surface area (Å²) in [5.74, 6) is 0.938. The number of esters is 1. The minimum atomic E-state index is -0.321. The summed E-state index contributed by atoms with van der Waals surface area (Å²) in [6, 6.07) is 0. The second kappa shape index (κ2) is 5.81. The van der Waals surface area contributed by atoms with E-state index in [0.29, 0.717) is 42.4 Å². The fraction of sp³-hybridized carbons (Fsp3) is 0.684. The highest BCUT2D eigenvalue weighted by atomic mass is 16.6. The number of aryl methyl sites for hydroxylation is 1. The van der Waals surface area contributed by atoms with Crippen molar-refractivity contribution in [2.24, 2.45) is 17.8 Å². The monoisotopic (exact) mass is 372 g/mol. The summed E-state index contributed by atoms with van der Waals surface area (Å²) in [5, 5.41) is 0. The number of nitrogens with zero attached hydrogens (tertiary/aromatic N) is 3. The van der Waals surface area contributed by atoms with Gasteiger partial charge in [0.2, 0.25) is 0 Å². The summed E-state index contributed by atoms with van der Waals surface area (Å²) in [7, 11) is 0. The molecule has 0 radical (unpaired) electrons. The molecule has 2 aromatic rings. The van der Waals surface area contributed by atoms with Crippen LogP contribution < -0.4 is 11.2 Å². The van der Waals surface area contributed by atoms with E-state index in [0.717, 1.165) is 19.3 Å². The summed E-state index contributed by atoms with van der Waals surface area (Å²) in [5.41, 5.74) is 0.164. The molecule has 2 saturated carbocycles. The van der Waals surface area contributed by atoms with Gasteiger partial charge >= 0.3 is 11.7 Å². The van der Waals surface area contributed by atoms with E-state index >= 15 is 0 Å². The van der Waals surface area contributed by atoms with Gasteiger partial charge in [-0.25, -0.2) is 9.78 Å². The van der Waals surface area contributed by atoms with E-state index in [1.807, 2.05) is 13.8 Å². The summed E-state index contributed by atoms with van der Waals surface area (Å²) < 4.78 is 8.40. The van der Waals surface area contributed by atoms with Gasteiger partial charge in [0.15, 0.2) is 5.65 Å². The molecular weight excluding hydrogens is 348 g/mol. The average Bonchev–Trinajstić information content (AvgIpc) is 3.36. The number of nitrogens with one attached hydrogen (secondary N) is 1. The Bertz CT molecular complexity index is 1050. The molecule has 8 heteroatoms. The van der Waals surface area contributed by atoms with Crippen molar-refractivity contribution >= 4 is 17.1 Å². The standard InChI is InChI=1S/C19H24N4O4/c1-3-5-22-16-14(17(24)23(6-4-2)19(22)26)20-15(21-16)12-9-7-10-11(8-9)27-18(25)13(10)12/h9-13H,3-8H2,1-2H3,(H,20,21). The quantitative estimate of drug-likeness (QED) is 0.799. The van der Waals surface area contributed by atoms with Gasteiger partial charge in [0.05, 0.1) is 5.92 Å². The molecule has 8 nitrogen and oxygen atoms in total. The van der Waals surface area contributed by atoms with Gasteiger partial charge in [0.25, 0.3) is 5.56 Å². The van der Waals surface area contributed by atoms with Gasteiger partial charge in [-0.2, -0.15) is 0 Å². The summed E-state index contributed by atoms with van der Waals surface area (Å²) >= 11 is 0. The van der Waals surface area contributed by atoms with Crippen molar-refractivity contribution in [1.82, 2.24) is 19.1 Å². The highest BCUT2D eigenvalue weighted by Gasteiger charge is 2.63. The van der Waals surface area contributed by atoms with Gasteiger partial charge in [-0.1, -0.05) is 13.8 Å². The van der Waals surface area contributed by atoms with Gasteiger partial charge in [-0.05, 0) is 31.6 Å². The van der Waals surface area contributed by atoms with Crippen molar-refractivity contribution in [2.75, 3.05) is 0 Å². The number of carbonyl (C=O) groups is 1. The van der Waals surface area contributed by atoms with Crippen LogP contribution in [-0.4, -0.2) is 31.2 Å². The summed E-state index contributed by atoms with van der Waals surface area (Å²) in [6.07, 6.45) is 3.39. The Labute approximate surface area is 155 Å². The molecule has 3 aliphatic rings. The Morgan fingerprint density at radius 2 is 1.81 bits per heavy atom. The van der Waals surface area contributed by atoms with Crippen LogP contribution >= 0.6 is 0 Å². The van der Waals surface area contributed by atoms with Crippen LogP contribution in [0.3, 0.4) is 0 Å². The molecule has 1 aliphatic heterocycles. The van der Waals surface area contributed by atoms with Crippen LogP contribution in [0.1, 0.15) is 51.3 Å². The zero-order valence-corrected chi connectivity index (χ0v) is 15.6. The van der Waals surface area contributed by atoms with Gasteiger partial charge < -0.3 is 9.72 Å². The Kier molecular flexibility index (Phi) is 3.61. The van der Waals surface area contributed by atoms with Gasteiger partial charge in [0.1, 0.15) is 17.4 Å². The van der Waals surface area contributed by atoms with E-state index in [1.165, 1.54) is 4.57 Å². The third-order valence-corrected chi connectivity index (χ3v) is 6.57. The largest absolute Gasteiger partial charge is 0.462 e. The predicted octanol–water partition coefficient (Wildman–Crippen LogP) is 1.37. The lowest BCUT2D eigenvalue weighted by atomic mass is 9.79. The SMILES string of the molecule is CCCn1c(=O)c2[nH]c(C3C4CC5OC(=O)C3C5C4)nc2n(CCC)c1=O. The van der Waals surface area contributed by atoms with Gasteiger partial charge in [-0.15, -0.1) is 0 Å². The molecule has 0 amide bonds. The molecule has 2 aromatic heterocycles. The minimum Gasteiger partial charge on any atom is -0.462 e. The van der Waals surface area contributed by atoms with Crippen LogP contribution in [0.25, 0.3) is 11.2 Å². The second-order valence-corrected chi connectivity index (χ2v) is 8.13. The van der Waals surface area contributed by atoms with E-state index in [4.69, 9.17) is 9.72 Å². The Hall–Kier alpha value is -2.38. The first-order valence-electron chi connectivity index (χ1n) is 9.98. The highest BCUT2D eigenvalue weighted by Crippen LogP contribution is 2.60. The zero-order valence-electron chi connectivity index (χ0n) is 15.6. The van der Waals surface area contributed by atoms with E-state index < -0.39 is 0 Å². The maximum Gasteiger partial charge on any atom is 0.332 e. The number of hydrogen-bond acceptors (Lipinski definition) is 5. The second-order valence-electron chi connectivity index (χ2n) is 8.13. The minimum absolute atomic E-state index is 0.0437. The molecule has 3 fully saturated rings. The first-order chi connectivity index (χ1) is 13.0. The van der Waals surface area contributed by atoms with Crippen LogP contribution in [0.4, 0.5) is 0 Å². The smallest absolute Gasteiger partial charge is 0.332 e. The number of carbonyl (C=O) groups excluding carboxylic acids is 1. The van der Waals surface area contributed by atoms with Gasteiger partial charge in [0, 0.05) is 24.9 Å². The number of rotatable bonds is 5. The Morgan fingerprint density at radius 1 is 1.07 bits per heavy atom. The third kappa shape index (κ3) is 2.15. The van der Waals surface area contributed by atoms with E-state index in [2.05, 4.69) is 4.98 Å². The van der Waals surface area contributed by atoms with Crippen molar-refractivity contribution in [3.63, 3.8) is 0 Å². The number of fused-ring (bicyclic) bond motifs is 2. The average molecular weight is 372 g/mol. The van der Waals surface area contributed by atoms with Crippen molar-refractivity contribution < 1.29 is 9.53 Å². The zero-order chi connectivity index (χ0) is 18.9. The topological polar surface area (TPSA) is 99.0 Å². The molecule has 0 spiro atoms. The van der Waals surface area contributed by atoms with Crippen LogP contribution in [0.5, 0.6) is 0 Å². The molecule has 1 N–H and O–H groups in total. The number of aromatic nitrogens is 4. The fourth-order valence-corrected chi connectivity index (χ4v) is 5.57. The van der Waals surface area contributed by atoms with Crippen LogP contribution in [-0.2, 0) is 22.6 Å².